The second-order valence-electron chi connectivity index (χ2n) is 6.08. The van der Waals surface area contributed by atoms with Crippen molar-refractivity contribution >= 4 is 52.4 Å². The van der Waals surface area contributed by atoms with Gasteiger partial charge in [0.25, 0.3) is 0 Å². The second-order valence-corrected chi connectivity index (χ2v) is 7.33. The predicted molar refractivity (Wildman–Crippen MR) is 101 cm³/mol. The molecule has 1 atom stereocenters. The average molecular weight is 409 g/mol. The van der Waals surface area contributed by atoms with Crippen molar-refractivity contribution in [3.8, 4) is 0 Å². The molecule has 0 aromatic heterocycles. The van der Waals surface area contributed by atoms with Gasteiger partial charge in [-0.05, 0) is 35.9 Å². The lowest BCUT2D eigenvalue weighted by atomic mass is 9.84. The van der Waals surface area contributed by atoms with E-state index in [1.54, 1.807) is 42.5 Å². The van der Waals surface area contributed by atoms with Crippen molar-refractivity contribution in [1.82, 2.24) is 0 Å². The highest BCUT2D eigenvalue weighted by molar-refractivity contribution is 6.42. The highest BCUT2D eigenvalue weighted by Crippen LogP contribution is 2.43. The first-order chi connectivity index (χ1) is 12.5. The summed E-state index contributed by atoms with van der Waals surface area (Å²) in [5.74, 6) is -0.978. The van der Waals surface area contributed by atoms with Crippen LogP contribution >= 0.6 is 34.8 Å². The number of hydrogen-bond acceptors (Lipinski definition) is 3. The molecule has 0 N–H and O–H groups in total. The Bertz CT molecular complexity index is 970. The number of amides is 1. The van der Waals surface area contributed by atoms with E-state index in [1.807, 2.05) is 0 Å². The molecule has 2 aromatic carbocycles. The molecule has 0 bridgehead atoms. The van der Waals surface area contributed by atoms with Crippen LogP contribution in [-0.4, -0.2) is 18.5 Å². The van der Waals surface area contributed by atoms with E-state index in [9.17, 15) is 9.59 Å². The summed E-state index contributed by atoms with van der Waals surface area (Å²) in [7, 11) is 0. The first kappa shape index (κ1) is 17.4. The third-order valence-electron chi connectivity index (χ3n) is 4.53. The molecule has 2 heterocycles. The summed E-state index contributed by atoms with van der Waals surface area (Å²) in [6, 6.07) is 12.1. The van der Waals surface area contributed by atoms with E-state index in [2.05, 4.69) is 0 Å². The van der Waals surface area contributed by atoms with Gasteiger partial charge >= 0.3 is 5.97 Å². The molecule has 132 valence electrons. The fourth-order valence-electron chi connectivity index (χ4n) is 3.38. The van der Waals surface area contributed by atoms with E-state index in [-0.39, 0.29) is 18.9 Å². The Kier molecular flexibility index (Phi) is 4.43. The Hall–Kier alpha value is -2.01. The summed E-state index contributed by atoms with van der Waals surface area (Å²) in [5, 5.41) is 1.30. The molecule has 0 spiro atoms. The van der Waals surface area contributed by atoms with Crippen LogP contribution in [0.4, 0.5) is 5.69 Å². The maximum atomic E-state index is 12.9. The molecular weight excluding hydrogens is 397 g/mol. The first-order valence-electron chi connectivity index (χ1n) is 7.89. The fourth-order valence-corrected chi connectivity index (χ4v) is 3.87. The zero-order valence-corrected chi connectivity index (χ0v) is 15.6. The Morgan fingerprint density at radius 2 is 1.81 bits per heavy atom. The molecule has 1 amide bonds. The van der Waals surface area contributed by atoms with Crippen LogP contribution in [0.25, 0.3) is 0 Å². The maximum Gasteiger partial charge on any atom is 0.336 e. The Morgan fingerprint density at radius 1 is 1.00 bits per heavy atom. The number of halogens is 3. The molecule has 2 aromatic rings. The molecule has 2 aliphatic heterocycles. The number of rotatable bonds is 2. The summed E-state index contributed by atoms with van der Waals surface area (Å²) in [6.45, 7) is 0.0459. The van der Waals surface area contributed by atoms with Gasteiger partial charge in [-0.3, -0.25) is 9.69 Å². The van der Waals surface area contributed by atoms with Gasteiger partial charge < -0.3 is 4.74 Å². The zero-order chi connectivity index (χ0) is 18.4. The molecule has 0 radical (unpaired) electrons. The SMILES string of the molecule is O=C1OCC2=C1C(c1ccc(Cl)c(Cl)c1)CC(=O)N2c1cccc(Cl)c1. The minimum Gasteiger partial charge on any atom is -0.456 e. The van der Waals surface area contributed by atoms with Gasteiger partial charge in [0.05, 0.1) is 27.0 Å². The van der Waals surface area contributed by atoms with Crippen molar-refractivity contribution in [2.75, 3.05) is 11.5 Å². The van der Waals surface area contributed by atoms with E-state index >= 15 is 0 Å². The van der Waals surface area contributed by atoms with Gasteiger partial charge in [-0.2, -0.15) is 0 Å². The van der Waals surface area contributed by atoms with Crippen LogP contribution in [0.5, 0.6) is 0 Å². The van der Waals surface area contributed by atoms with E-state index in [4.69, 9.17) is 39.5 Å². The summed E-state index contributed by atoms with van der Waals surface area (Å²) in [4.78, 5) is 26.8. The molecule has 26 heavy (non-hydrogen) atoms. The summed E-state index contributed by atoms with van der Waals surface area (Å²) in [5.41, 5.74) is 2.39. The highest BCUT2D eigenvalue weighted by atomic mass is 35.5. The first-order valence-corrected chi connectivity index (χ1v) is 9.02. The smallest absolute Gasteiger partial charge is 0.336 e. The lowest BCUT2D eigenvalue weighted by molar-refractivity contribution is -0.136. The van der Waals surface area contributed by atoms with Crippen molar-refractivity contribution in [2.45, 2.75) is 12.3 Å². The largest absolute Gasteiger partial charge is 0.456 e. The van der Waals surface area contributed by atoms with E-state index in [0.29, 0.717) is 32.0 Å². The van der Waals surface area contributed by atoms with Crippen LogP contribution in [0.2, 0.25) is 15.1 Å². The van der Waals surface area contributed by atoms with Gasteiger partial charge in [-0.1, -0.05) is 46.9 Å². The normalized spacial score (nSPS) is 19.7. The molecule has 0 saturated heterocycles. The topological polar surface area (TPSA) is 46.6 Å². The number of benzene rings is 2. The third-order valence-corrected chi connectivity index (χ3v) is 5.50. The quantitative estimate of drug-likeness (QED) is 0.659. The van der Waals surface area contributed by atoms with E-state index in [1.165, 1.54) is 4.90 Å². The van der Waals surface area contributed by atoms with Crippen molar-refractivity contribution in [1.29, 1.82) is 0 Å². The molecule has 7 heteroatoms. The average Bonchev–Trinajstić information content (AvgIpc) is 2.98. The van der Waals surface area contributed by atoms with E-state index < -0.39 is 11.9 Å². The number of hydrogen-bond donors (Lipinski definition) is 0. The maximum absolute atomic E-state index is 12.9. The van der Waals surface area contributed by atoms with Gasteiger partial charge in [0.15, 0.2) is 0 Å². The van der Waals surface area contributed by atoms with Gasteiger partial charge in [0, 0.05) is 17.4 Å². The Morgan fingerprint density at radius 3 is 2.54 bits per heavy atom. The van der Waals surface area contributed by atoms with Crippen molar-refractivity contribution < 1.29 is 14.3 Å². The number of esters is 1. The summed E-state index contributed by atoms with van der Waals surface area (Å²) in [6.07, 6.45) is 0.123. The second kappa shape index (κ2) is 6.62. The minimum absolute atomic E-state index is 0.0459. The zero-order valence-electron chi connectivity index (χ0n) is 13.3. The molecule has 4 nitrogen and oxygen atoms in total. The van der Waals surface area contributed by atoms with Crippen LogP contribution in [-0.2, 0) is 14.3 Å². The number of nitrogens with zero attached hydrogens (tertiary/aromatic N) is 1. The van der Waals surface area contributed by atoms with Crippen LogP contribution in [0.3, 0.4) is 0 Å². The van der Waals surface area contributed by atoms with Gasteiger partial charge in [-0.15, -0.1) is 0 Å². The minimum atomic E-state index is -0.421. The number of anilines is 1. The standard InChI is InChI=1S/C19H12Cl3NO3/c20-11-2-1-3-12(7-11)23-16-9-26-19(25)18(16)13(8-17(23)24)10-4-5-14(21)15(22)6-10/h1-7,13H,8-9H2. The molecule has 0 fully saturated rings. The number of ether oxygens (including phenoxy) is 1. The number of cyclic esters (lactones) is 1. The molecule has 1 unspecified atom stereocenters. The van der Waals surface area contributed by atoms with Gasteiger partial charge in [0.2, 0.25) is 5.91 Å². The Labute approximate surface area is 164 Å². The summed E-state index contributed by atoms with van der Waals surface area (Å²) >= 11 is 18.2. The van der Waals surface area contributed by atoms with Crippen LogP contribution < -0.4 is 4.90 Å². The van der Waals surface area contributed by atoms with Crippen molar-refractivity contribution in [3.63, 3.8) is 0 Å². The molecule has 0 aliphatic carbocycles. The van der Waals surface area contributed by atoms with Crippen LogP contribution in [0, 0.1) is 0 Å². The monoisotopic (exact) mass is 407 g/mol. The lowest BCUT2D eigenvalue weighted by Crippen LogP contribution is -2.37. The molecule has 0 saturated carbocycles. The summed E-state index contributed by atoms with van der Waals surface area (Å²) < 4.78 is 5.24. The number of carbonyl (C=O) groups excluding carboxylic acids is 2. The van der Waals surface area contributed by atoms with Crippen molar-refractivity contribution in [3.05, 3.63) is 74.4 Å². The van der Waals surface area contributed by atoms with E-state index in [0.717, 1.165) is 5.56 Å². The highest BCUT2D eigenvalue weighted by Gasteiger charge is 2.43. The number of carbonyl (C=O) groups is 2. The van der Waals surface area contributed by atoms with Gasteiger partial charge in [-0.25, -0.2) is 4.79 Å². The fraction of sp³-hybridized carbons (Fsp3) is 0.158. The lowest BCUT2D eigenvalue weighted by Gasteiger charge is -2.32. The molecule has 2 aliphatic rings. The predicted octanol–water partition coefficient (Wildman–Crippen LogP) is 4.98. The third kappa shape index (κ3) is 2.88. The Balaban J connectivity index is 1.84. The van der Waals surface area contributed by atoms with Crippen LogP contribution in [0.1, 0.15) is 17.9 Å². The van der Waals surface area contributed by atoms with Crippen molar-refractivity contribution in [2.24, 2.45) is 0 Å². The molecular formula is C19H12Cl3NO3. The van der Waals surface area contributed by atoms with Crippen LogP contribution in [0.15, 0.2) is 53.7 Å². The van der Waals surface area contributed by atoms with Gasteiger partial charge in [0.1, 0.15) is 6.61 Å². The molecule has 4 rings (SSSR count).